The molecule has 8 heteroatoms. The van der Waals surface area contributed by atoms with Crippen LogP contribution in [0.1, 0.15) is 51.4 Å². The van der Waals surface area contributed by atoms with Gasteiger partial charge in [0.15, 0.2) is 5.78 Å². The lowest BCUT2D eigenvalue weighted by Crippen LogP contribution is -2.40. The predicted molar refractivity (Wildman–Crippen MR) is 123 cm³/mol. The smallest absolute Gasteiger partial charge is 0.319 e. The largest absolute Gasteiger partial charge is 0.333 e. The van der Waals surface area contributed by atoms with E-state index in [0.717, 1.165) is 34.4 Å². The molecule has 2 heterocycles. The lowest BCUT2D eigenvalue weighted by molar-refractivity contribution is -0.122. The van der Waals surface area contributed by atoms with Crippen LogP contribution in [0.25, 0.3) is 0 Å². The summed E-state index contributed by atoms with van der Waals surface area (Å²) in [4.78, 5) is 40.9. The third-order valence-electron chi connectivity index (χ3n) is 5.69. The van der Waals surface area contributed by atoms with Crippen LogP contribution in [0.5, 0.6) is 0 Å². The highest BCUT2D eigenvalue weighted by atomic mass is 35.5. The average molecular weight is 458 g/mol. The number of thiophene rings is 1. The van der Waals surface area contributed by atoms with Crippen LogP contribution in [-0.2, 0) is 17.9 Å². The van der Waals surface area contributed by atoms with Crippen molar-refractivity contribution in [3.63, 3.8) is 0 Å². The minimum atomic E-state index is -0.361. The predicted octanol–water partition coefficient (Wildman–Crippen LogP) is 5.06. The van der Waals surface area contributed by atoms with Gasteiger partial charge in [-0.3, -0.25) is 9.59 Å². The van der Waals surface area contributed by atoms with Gasteiger partial charge in [-0.25, -0.2) is 4.79 Å². The number of carbonyl (C=O) groups is 3. The second kappa shape index (κ2) is 8.85. The Morgan fingerprint density at radius 3 is 2.87 bits per heavy atom. The molecular weight excluding hydrogens is 434 g/mol. The van der Waals surface area contributed by atoms with Crippen molar-refractivity contribution < 1.29 is 14.4 Å². The molecule has 0 spiro atoms. The van der Waals surface area contributed by atoms with Gasteiger partial charge in [0, 0.05) is 28.6 Å². The van der Waals surface area contributed by atoms with E-state index in [1.165, 1.54) is 11.3 Å². The van der Waals surface area contributed by atoms with Crippen LogP contribution < -0.4 is 10.6 Å². The summed E-state index contributed by atoms with van der Waals surface area (Å²) in [6.45, 7) is 6.61. The summed E-state index contributed by atoms with van der Waals surface area (Å²) in [7, 11) is 0. The van der Waals surface area contributed by atoms with Crippen LogP contribution in [0.15, 0.2) is 36.4 Å². The normalized spacial score (nSPS) is 18.7. The number of amides is 3. The van der Waals surface area contributed by atoms with Crippen molar-refractivity contribution in [3.05, 3.63) is 62.3 Å². The minimum absolute atomic E-state index is 0.0840. The van der Waals surface area contributed by atoms with Crippen molar-refractivity contribution in [3.8, 4) is 0 Å². The van der Waals surface area contributed by atoms with Crippen molar-refractivity contribution in [2.75, 3.05) is 5.32 Å². The van der Waals surface area contributed by atoms with Crippen LogP contribution in [0.3, 0.4) is 0 Å². The monoisotopic (exact) mass is 457 g/mol. The maximum atomic E-state index is 12.9. The van der Waals surface area contributed by atoms with E-state index in [1.807, 2.05) is 19.1 Å². The van der Waals surface area contributed by atoms with Gasteiger partial charge in [0.2, 0.25) is 0 Å². The molecule has 31 heavy (non-hydrogen) atoms. The molecular formula is C23H24ClN3O3S. The molecule has 4 rings (SSSR count). The standard InChI is InChI=1S/C23H24ClN3O3S/c1-13-4-3-5-19(20(28)8-13)27-12-15-9-17(31-21(15)22(27)29)11-25-23(30)26-16-7-6-14(2)18(24)10-16/h6-7,9-10,19H,1,3-5,8,11-12H2,2H3,(H2,25,26,30)/t19-/m0/s1. The fraction of sp³-hybridized carbons (Fsp3) is 0.348. The number of allylic oxidation sites excluding steroid dienone is 1. The molecule has 2 aliphatic rings. The number of fused-ring (bicyclic) bond motifs is 1. The number of rotatable bonds is 4. The Labute approximate surface area is 190 Å². The summed E-state index contributed by atoms with van der Waals surface area (Å²) >= 11 is 7.46. The molecule has 0 saturated heterocycles. The third-order valence-corrected chi connectivity index (χ3v) is 7.26. The number of anilines is 1. The average Bonchev–Trinajstić information content (AvgIpc) is 3.19. The number of benzene rings is 1. The fourth-order valence-corrected chi connectivity index (χ4v) is 5.26. The summed E-state index contributed by atoms with van der Waals surface area (Å²) in [6.07, 6.45) is 2.77. The zero-order valence-electron chi connectivity index (χ0n) is 17.3. The molecule has 2 aromatic rings. The molecule has 0 radical (unpaired) electrons. The summed E-state index contributed by atoms with van der Waals surface area (Å²) in [5.74, 6) is -0.00312. The van der Waals surface area contributed by atoms with Gasteiger partial charge in [0.05, 0.1) is 17.5 Å². The number of Topliss-reactive ketones (excluding diaryl/α,β-unsaturated/α-hetero) is 1. The zero-order chi connectivity index (χ0) is 22.1. The Morgan fingerprint density at radius 1 is 1.32 bits per heavy atom. The van der Waals surface area contributed by atoms with Gasteiger partial charge < -0.3 is 15.5 Å². The lowest BCUT2D eigenvalue weighted by atomic mass is 10.1. The first-order valence-corrected chi connectivity index (χ1v) is 11.4. The highest BCUT2D eigenvalue weighted by molar-refractivity contribution is 7.14. The van der Waals surface area contributed by atoms with Crippen molar-refractivity contribution in [1.29, 1.82) is 0 Å². The second-order valence-corrected chi connectivity index (χ2v) is 9.62. The maximum Gasteiger partial charge on any atom is 0.319 e. The Balaban J connectivity index is 1.35. The van der Waals surface area contributed by atoms with Gasteiger partial charge in [0.25, 0.3) is 5.91 Å². The molecule has 1 aliphatic carbocycles. The third kappa shape index (κ3) is 4.67. The van der Waals surface area contributed by atoms with Crippen molar-refractivity contribution in [2.24, 2.45) is 0 Å². The number of halogens is 1. The van der Waals surface area contributed by atoms with E-state index in [9.17, 15) is 14.4 Å². The molecule has 0 unspecified atom stereocenters. The molecule has 1 aromatic heterocycles. The summed E-state index contributed by atoms with van der Waals surface area (Å²) < 4.78 is 0. The number of aryl methyl sites for hydroxylation is 1. The molecule has 1 aromatic carbocycles. The van der Waals surface area contributed by atoms with Crippen LogP contribution in [0.2, 0.25) is 5.02 Å². The Kier molecular flexibility index (Phi) is 6.16. The number of hydrogen-bond acceptors (Lipinski definition) is 4. The van der Waals surface area contributed by atoms with Crippen LogP contribution in [0, 0.1) is 6.92 Å². The molecule has 1 fully saturated rings. The summed E-state index contributed by atoms with van der Waals surface area (Å²) in [6, 6.07) is 6.58. The van der Waals surface area contributed by atoms with Crippen LogP contribution in [-0.4, -0.2) is 28.7 Å². The molecule has 1 saturated carbocycles. The SMILES string of the molecule is C=C1CCC[C@H](N2Cc3cc(CNC(=O)Nc4ccc(C)c(Cl)c4)sc3C2=O)C(=O)C1. The Morgan fingerprint density at radius 2 is 2.13 bits per heavy atom. The molecule has 0 bridgehead atoms. The van der Waals surface area contributed by atoms with Gasteiger partial charge in [-0.15, -0.1) is 11.3 Å². The first-order chi connectivity index (χ1) is 14.8. The van der Waals surface area contributed by atoms with Crippen LogP contribution >= 0.6 is 22.9 Å². The maximum absolute atomic E-state index is 12.9. The van der Waals surface area contributed by atoms with Gasteiger partial charge in [-0.2, -0.15) is 0 Å². The molecule has 2 N–H and O–H groups in total. The number of nitrogens with zero attached hydrogens (tertiary/aromatic N) is 1. The van der Waals surface area contributed by atoms with E-state index in [0.29, 0.717) is 41.5 Å². The Hall–Kier alpha value is -2.64. The molecule has 6 nitrogen and oxygen atoms in total. The van der Waals surface area contributed by atoms with Crippen molar-refractivity contribution in [2.45, 2.75) is 51.7 Å². The first kappa shape index (κ1) is 21.6. The number of nitrogens with one attached hydrogen (secondary N) is 2. The summed E-state index contributed by atoms with van der Waals surface area (Å²) in [5.41, 5.74) is 3.43. The number of carbonyl (C=O) groups excluding carboxylic acids is 3. The zero-order valence-corrected chi connectivity index (χ0v) is 18.9. The number of urea groups is 1. The van der Waals surface area contributed by atoms with Gasteiger partial charge in [0.1, 0.15) is 0 Å². The van der Waals surface area contributed by atoms with Gasteiger partial charge in [-0.05, 0) is 55.5 Å². The van der Waals surface area contributed by atoms with Gasteiger partial charge >= 0.3 is 6.03 Å². The highest BCUT2D eigenvalue weighted by Gasteiger charge is 2.38. The fourth-order valence-electron chi connectivity index (χ4n) is 4.01. The van der Waals surface area contributed by atoms with E-state index in [-0.39, 0.29) is 23.8 Å². The minimum Gasteiger partial charge on any atom is -0.333 e. The van der Waals surface area contributed by atoms with E-state index >= 15 is 0 Å². The highest BCUT2D eigenvalue weighted by Crippen LogP contribution is 2.35. The number of ketones is 1. The topological polar surface area (TPSA) is 78.5 Å². The Bertz CT molecular complexity index is 1080. The van der Waals surface area contributed by atoms with Crippen molar-refractivity contribution in [1.82, 2.24) is 10.2 Å². The summed E-state index contributed by atoms with van der Waals surface area (Å²) in [5, 5.41) is 6.15. The van der Waals surface area contributed by atoms with Crippen molar-refractivity contribution >= 4 is 46.3 Å². The van der Waals surface area contributed by atoms with Crippen LogP contribution in [0.4, 0.5) is 10.5 Å². The van der Waals surface area contributed by atoms with Gasteiger partial charge in [-0.1, -0.05) is 29.8 Å². The molecule has 1 atom stereocenters. The van der Waals surface area contributed by atoms with E-state index < -0.39 is 0 Å². The van der Waals surface area contributed by atoms with E-state index in [1.54, 1.807) is 17.0 Å². The molecule has 1 aliphatic heterocycles. The molecule has 3 amide bonds. The first-order valence-electron chi connectivity index (χ1n) is 10.2. The molecule has 162 valence electrons. The van der Waals surface area contributed by atoms with E-state index in [4.69, 9.17) is 11.6 Å². The second-order valence-electron chi connectivity index (χ2n) is 8.07. The lowest BCUT2D eigenvalue weighted by Gasteiger charge is -2.25. The van der Waals surface area contributed by atoms with E-state index in [2.05, 4.69) is 17.2 Å². The quantitative estimate of drug-likeness (QED) is 0.497. The number of hydrogen-bond donors (Lipinski definition) is 2.